The predicted octanol–water partition coefficient (Wildman–Crippen LogP) is 22.9. The number of likely N-dealkylation sites (N-methyl/N-ethyl adjacent to an activating group) is 1. The molecule has 0 fully saturated rings. The molecule has 488 valence electrons. The van der Waals surface area contributed by atoms with Crippen LogP contribution in [-0.4, -0.2) is 74.9 Å². The maximum absolute atomic E-state index is 12.9. The summed E-state index contributed by atoms with van der Waals surface area (Å²) in [5.74, 6) is -0.781. The minimum Gasteiger partial charge on any atom is -0.462 e. The van der Waals surface area contributed by atoms with E-state index in [1.807, 2.05) is 21.1 Å². The van der Waals surface area contributed by atoms with Crippen LogP contribution in [0.3, 0.4) is 0 Å². The molecular formula is C74H135NO8P+. The van der Waals surface area contributed by atoms with Crippen LogP contribution in [0.5, 0.6) is 0 Å². The molecule has 0 spiro atoms. The summed E-state index contributed by atoms with van der Waals surface area (Å²) in [6.07, 6.45) is 88.4. The Kier molecular flexibility index (Phi) is 62.5. The zero-order valence-electron chi connectivity index (χ0n) is 55.6. The van der Waals surface area contributed by atoms with E-state index in [2.05, 4.69) is 98.9 Å². The Balaban J connectivity index is 3.95. The van der Waals surface area contributed by atoms with Gasteiger partial charge in [-0.3, -0.25) is 18.6 Å². The molecule has 0 aromatic heterocycles. The van der Waals surface area contributed by atoms with Crippen molar-refractivity contribution in [3.8, 4) is 0 Å². The molecule has 0 bridgehead atoms. The maximum Gasteiger partial charge on any atom is 0.472 e. The van der Waals surface area contributed by atoms with E-state index in [1.165, 1.54) is 212 Å². The van der Waals surface area contributed by atoms with Crippen LogP contribution < -0.4 is 0 Å². The minimum absolute atomic E-state index is 0.0328. The molecule has 0 heterocycles. The van der Waals surface area contributed by atoms with Crippen LogP contribution in [0.1, 0.15) is 322 Å². The van der Waals surface area contributed by atoms with Crippen molar-refractivity contribution in [1.29, 1.82) is 0 Å². The fourth-order valence-electron chi connectivity index (χ4n) is 10.1. The summed E-state index contributed by atoms with van der Waals surface area (Å²) in [4.78, 5) is 35.8. The Morgan fingerprint density at radius 2 is 0.679 bits per heavy atom. The van der Waals surface area contributed by atoms with Crippen molar-refractivity contribution in [2.45, 2.75) is 328 Å². The van der Waals surface area contributed by atoms with Gasteiger partial charge in [0.1, 0.15) is 19.8 Å². The molecule has 0 saturated heterocycles. The van der Waals surface area contributed by atoms with Gasteiger partial charge in [-0.15, -0.1) is 0 Å². The molecule has 0 radical (unpaired) electrons. The second kappa shape index (κ2) is 64.7. The van der Waals surface area contributed by atoms with Crippen molar-refractivity contribution in [2.75, 3.05) is 47.5 Å². The number of carbonyl (C=O) groups excluding carboxylic acids is 2. The number of carbonyl (C=O) groups is 2. The Hall–Kier alpha value is -2.81. The highest BCUT2D eigenvalue weighted by atomic mass is 31.2. The molecule has 0 aromatic carbocycles. The van der Waals surface area contributed by atoms with Crippen molar-refractivity contribution >= 4 is 19.8 Å². The van der Waals surface area contributed by atoms with Crippen LogP contribution in [0.15, 0.2) is 85.1 Å². The summed E-state index contributed by atoms with van der Waals surface area (Å²) in [6, 6.07) is 0. The Labute approximate surface area is 520 Å². The number of phosphoric acid groups is 1. The lowest BCUT2D eigenvalue weighted by Crippen LogP contribution is -2.37. The molecular weight excluding hydrogens is 1060 g/mol. The van der Waals surface area contributed by atoms with Gasteiger partial charge < -0.3 is 18.9 Å². The van der Waals surface area contributed by atoms with Gasteiger partial charge in [-0.2, -0.15) is 0 Å². The fourth-order valence-corrected chi connectivity index (χ4v) is 10.8. The second-order valence-corrected chi connectivity index (χ2v) is 26.4. The number of unbranched alkanes of at least 4 members (excludes halogenated alkanes) is 37. The summed E-state index contributed by atoms with van der Waals surface area (Å²) in [5.41, 5.74) is 0. The summed E-state index contributed by atoms with van der Waals surface area (Å²) in [5, 5.41) is 0. The summed E-state index contributed by atoms with van der Waals surface area (Å²) < 4.78 is 34.7. The maximum atomic E-state index is 12.9. The van der Waals surface area contributed by atoms with Crippen LogP contribution >= 0.6 is 7.82 Å². The number of quaternary nitrogens is 1. The predicted molar refractivity (Wildman–Crippen MR) is 362 cm³/mol. The van der Waals surface area contributed by atoms with Gasteiger partial charge in [0.2, 0.25) is 0 Å². The molecule has 0 saturated carbocycles. The first-order valence-corrected chi connectivity index (χ1v) is 36.8. The zero-order chi connectivity index (χ0) is 61.2. The summed E-state index contributed by atoms with van der Waals surface area (Å²) >= 11 is 0. The van der Waals surface area contributed by atoms with Crippen LogP contribution in [0.4, 0.5) is 0 Å². The standard InChI is InChI=1S/C74H134NO8P/c1-6-8-10-12-14-16-18-20-22-24-26-27-28-29-30-31-32-33-34-35-36-37-38-39-40-41-42-43-44-45-46-47-49-51-53-55-57-59-61-63-65-67-74(77)83-72(71-82-84(78,79)81-69-68-75(3,4)5)70-80-73(76)66-64-62-60-58-56-54-52-50-48-25-23-21-19-17-15-13-11-9-7-2/h8,10,14,16,20,22,26-27,29-30,32-33,35-36,72H,6-7,9,11-13,15,17-19,21,23-25,28,31,34,37-71H2,1-5H3/p+1/b10-8-,16-14-,22-20-,27-26-,30-29-,33-32-,36-35-. The van der Waals surface area contributed by atoms with Gasteiger partial charge in [0, 0.05) is 12.8 Å². The van der Waals surface area contributed by atoms with Gasteiger partial charge in [0.05, 0.1) is 27.7 Å². The number of hydrogen-bond donors (Lipinski definition) is 1. The second-order valence-electron chi connectivity index (χ2n) is 24.9. The van der Waals surface area contributed by atoms with Crippen molar-refractivity contribution < 1.29 is 42.1 Å². The van der Waals surface area contributed by atoms with E-state index in [9.17, 15) is 19.0 Å². The number of phosphoric ester groups is 1. The van der Waals surface area contributed by atoms with Gasteiger partial charge in [0.15, 0.2) is 6.10 Å². The molecule has 1 N–H and O–H groups in total. The molecule has 0 aliphatic carbocycles. The van der Waals surface area contributed by atoms with E-state index in [-0.39, 0.29) is 25.6 Å². The third-order valence-electron chi connectivity index (χ3n) is 15.4. The first kappa shape index (κ1) is 81.2. The number of rotatable bonds is 65. The largest absolute Gasteiger partial charge is 0.472 e. The van der Waals surface area contributed by atoms with Crippen LogP contribution in [-0.2, 0) is 32.7 Å². The smallest absolute Gasteiger partial charge is 0.462 e. The van der Waals surface area contributed by atoms with E-state index in [0.717, 1.165) is 77.0 Å². The molecule has 9 nitrogen and oxygen atoms in total. The number of hydrogen-bond acceptors (Lipinski definition) is 7. The van der Waals surface area contributed by atoms with Crippen molar-refractivity contribution in [1.82, 2.24) is 0 Å². The molecule has 10 heteroatoms. The van der Waals surface area contributed by atoms with Crippen LogP contribution in [0.25, 0.3) is 0 Å². The Bertz CT molecular complexity index is 1690. The number of nitrogens with zero attached hydrogens (tertiary/aromatic N) is 1. The highest BCUT2D eigenvalue weighted by molar-refractivity contribution is 7.47. The van der Waals surface area contributed by atoms with E-state index in [1.54, 1.807) is 0 Å². The number of ether oxygens (including phenoxy) is 2. The van der Waals surface area contributed by atoms with Gasteiger partial charge in [0.25, 0.3) is 0 Å². The van der Waals surface area contributed by atoms with Gasteiger partial charge in [-0.1, -0.05) is 324 Å². The molecule has 0 aliphatic heterocycles. The molecule has 84 heavy (non-hydrogen) atoms. The molecule has 2 unspecified atom stereocenters. The highest BCUT2D eigenvalue weighted by Gasteiger charge is 2.27. The van der Waals surface area contributed by atoms with Crippen molar-refractivity contribution in [3.05, 3.63) is 85.1 Å². The first-order chi connectivity index (χ1) is 41.0. The molecule has 0 aromatic rings. The van der Waals surface area contributed by atoms with Crippen molar-refractivity contribution in [2.24, 2.45) is 0 Å². The average Bonchev–Trinajstić information content (AvgIpc) is 3.61. The Morgan fingerprint density at radius 1 is 0.381 bits per heavy atom. The van der Waals surface area contributed by atoms with Gasteiger partial charge >= 0.3 is 19.8 Å². The quantitative estimate of drug-likeness (QED) is 0.0211. The lowest BCUT2D eigenvalue weighted by molar-refractivity contribution is -0.870. The fraction of sp³-hybridized carbons (Fsp3) is 0.784. The first-order valence-electron chi connectivity index (χ1n) is 35.3. The number of allylic oxidation sites excluding steroid dienone is 14. The lowest BCUT2D eigenvalue weighted by Gasteiger charge is -2.24. The summed E-state index contributed by atoms with van der Waals surface area (Å²) in [6.45, 7) is 4.37. The van der Waals surface area contributed by atoms with Crippen LogP contribution in [0, 0.1) is 0 Å². The summed E-state index contributed by atoms with van der Waals surface area (Å²) in [7, 11) is 1.49. The van der Waals surface area contributed by atoms with Crippen molar-refractivity contribution in [3.63, 3.8) is 0 Å². The SMILES string of the molecule is CC/C=C\C/C=C\C/C=C\C/C=C\C/C=C\C/C=C\C/C=C\CCCCCCCCCCCCCCCCCCCCCC(=O)OC(COC(=O)CCCCCCCCCCCCCCCCCCCCC)COP(=O)(O)OCC[N+](C)(C)C. The Morgan fingerprint density at radius 3 is 1.01 bits per heavy atom. The van der Waals surface area contributed by atoms with Gasteiger partial charge in [-0.05, 0) is 70.6 Å². The average molecular weight is 1200 g/mol. The van der Waals surface area contributed by atoms with E-state index in [4.69, 9.17) is 18.5 Å². The topological polar surface area (TPSA) is 108 Å². The van der Waals surface area contributed by atoms with Gasteiger partial charge in [-0.25, -0.2) is 4.57 Å². The third kappa shape index (κ3) is 68.3. The molecule has 2 atom stereocenters. The monoisotopic (exact) mass is 1200 g/mol. The number of esters is 2. The molecule has 0 rings (SSSR count). The molecule has 0 amide bonds. The minimum atomic E-state index is -4.39. The van der Waals surface area contributed by atoms with E-state index in [0.29, 0.717) is 23.9 Å². The van der Waals surface area contributed by atoms with E-state index < -0.39 is 26.5 Å². The van der Waals surface area contributed by atoms with E-state index >= 15 is 0 Å². The lowest BCUT2D eigenvalue weighted by atomic mass is 10.0. The molecule has 0 aliphatic rings. The third-order valence-corrected chi connectivity index (χ3v) is 16.4. The van der Waals surface area contributed by atoms with Crippen LogP contribution in [0.2, 0.25) is 0 Å². The zero-order valence-corrected chi connectivity index (χ0v) is 56.5. The normalized spacial score (nSPS) is 13.6. The highest BCUT2D eigenvalue weighted by Crippen LogP contribution is 2.43.